The van der Waals surface area contributed by atoms with Gasteiger partial charge < -0.3 is 9.84 Å². The lowest BCUT2D eigenvalue weighted by molar-refractivity contribution is 0.00630. The fraction of sp³-hybridized carbons (Fsp3) is 1.00. The summed E-state index contributed by atoms with van der Waals surface area (Å²) in [6.45, 7) is 4.49. The molecule has 2 nitrogen and oxygen atoms in total. The van der Waals surface area contributed by atoms with E-state index in [0.29, 0.717) is 11.9 Å². The van der Waals surface area contributed by atoms with Crippen molar-refractivity contribution in [3.05, 3.63) is 0 Å². The van der Waals surface area contributed by atoms with Crippen LogP contribution in [0.5, 0.6) is 0 Å². The molecule has 0 spiro atoms. The lowest BCUT2D eigenvalue weighted by Gasteiger charge is -2.12. The Morgan fingerprint density at radius 3 is 2.60 bits per heavy atom. The molecule has 0 aromatic rings. The van der Waals surface area contributed by atoms with Crippen molar-refractivity contribution in [1.82, 2.24) is 0 Å². The number of hydrogen-bond acceptors (Lipinski definition) is 2. The molecule has 0 heterocycles. The highest BCUT2D eigenvalue weighted by Gasteiger charge is 2.03. The van der Waals surface area contributed by atoms with E-state index in [1.54, 1.807) is 0 Å². The quantitative estimate of drug-likeness (QED) is 0.699. The van der Waals surface area contributed by atoms with E-state index < -0.39 is 0 Å². The Morgan fingerprint density at radius 2 is 2.20 bits per heavy atom. The molecular formula is C7H15BrO2. The molecule has 2 atom stereocenters. The monoisotopic (exact) mass is 210 g/mol. The van der Waals surface area contributed by atoms with E-state index in [1.165, 1.54) is 0 Å². The molecule has 0 aliphatic rings. The summed E-state index contributed by atoms with van der Waals surface area (Å²) in [6, 6.07) is 0. The maximum Gasteiger partial charge on any atom is 0.0870 e. The van der Waals surface area contributed by atoms with Crippen LogP contribution in [0.25, 0.3) is 0 Å². The number of hydrogen-bond donors (Lipinski definition) is 1. The van der Waals surface area contributed by atoms with Crippen molar-refractivity contribution in [2.24, 2.45) is 0 Å². The van der Waals surface area contributed by atoms with Crippen LogP contribution in [0.2, 0.25) is 0 Å². The normalized spacial score (nSPS) is 16.8. The molecule has 0 saturated heterocycles. The standard InChI is InChI=1S/C7H15BrO2/c1-3-6(2)10-5-7(9)4-8/h6-7,9H,3-5H2,1-2H3. The minimum Gasteiger partial charge on any atom is -0.390 e. The summed E-state index contributed by atoms with van der Waals surface area (Å²) in [7, 11) is 0. The van der Waals surface area contributed by atoms with E-state index in [1.807, 2.05) is 6.92 Å². The molecule has 0 aromatic heterocycles. The van der Waals surface area contributed by atoms with Crippen LogP contribution in [0.1, 0.15) is 20.3 Å². The number of ether oxygens (including phenoxy) is 1. The van der Waals surface area contributed by atoms with E-state index in [0.717, 1.165) is 6.42 Å². The van der Waals surface area contributed by atoms with Crippen LogP contribution < -0.4 is 0 Å². The Hall–Kier alpha value is 0.400. The zero-order valence-corrected chi connectivity index (χ0v) is 8.10. The maximum atomic E-state index is 9.03. The van der Waals surface area contributed by atoms with Crippen molar-refractivity contribution < 1.29 is 9.84 Å². The van der Waals surface area contributed by atoms with E-state index in [4.69, 9.17) is 9.84 Å². The molecule has 0 saturated carbocycles. The fourth-order valence-corrected chi connectivity index (χ4v) is 0.625. The lowest BCUT2D eigenvalue weighted by atomic mass is 10.3. The second kappa shape index (κ2) is 6.13. The molecule has 0 fully saturated rings. The van der Waals surface area contributed by atoms with Gasteiger partial charge in [0.1, 0.15) is 0 Å². The van der Waals surface area contributed by atoms with Gasteiger partial charge in [0.05, 0.1) is 18.8 Å². The zero-order valence-electron chi connectivity index (χ0n) is 6.51. The van der Waals surface area contributed by atoms with Crippen LogP contribution in [0.3, 0.4) is 0 Å². The highest BCUT2D eigenvalue weighted by atomic mass is 79.9. The van der Waals surface area contributed by atoms with Crippen LogP contribution in [-0.2, 0) is 4.74 Å². The zero-order chi connectivity index (χ0) is 7.98. The van der Waals surface area contributed by atoms with Gasteiger partial charge in [0, 0.05) is 5.33 Å². The molecule has 0 aliphatic heterocycles. The second-order valence-corrected chi connectivity index (χ2v) is 3.01. The first-order valence-corrected chi connectivity index (χ1v) is 4.68. The Bertz CT molecular complexity index is 68.0. The smallest absolute Gasteiger partial charge is 0.0870 e. The van der Waals surface area contributed by atoms with Crippen molar-refractivity contribution in [1.29, 1.82) is 0 Å². The van der Waals surface area contributed by atoms with Gasteiger partial charge in [-0.25, -0.2) is 0 Å². The highest BCUT2D eigenvalue weighted by Crippen LogP contribution is 1.98. The summed E-state index contributed by atoms with van der Waals surface area (Å²) < 4.78 is 5.26. The molecule has 1 N–H and O–H groups in total. The predicted molar refractivity (Wildman–Crippen MR) is 45.5 cm³/mol. The number of aliphatic hydroxyl groups excluding tert-OH is 1. The van der Waals surface area contributed by atoms with Crippen LogP contribution in [0, 0.1) is 0 Å². The SMILES string of the molecule is CCC(C)OCC(O)CBr. The molecule has 0 radical (unpaired) electrons. The van der Waals surface area contributed by atoms with Gasteiger partial charge in [-0.3, -0.25) is 0 Å². The van der Waals surface area contributed by atoms with E-state index in [9.17, 15) is 0 Å². The molecule has 0 amide bonds. The van der Waals surface area contributed by atoms with Gasteiger partial charge >= 0.3 is 0 Å². The van der Waals surface area contributed by atoms with Crippen LogP contribution >= 0.6 is 15.9 Å². The third-order valence-electron chi connectivity index (χ3n) is 1.33. The van der Waals surface area contributed by atoms with Crippen LogP contribution in [0.15, 0.2) is 0 Å². The lowest BCUT2D eigenvalue weighted by Crippen LogP contribution is -2.20. The predicted octanol–water partition coefficient (Wildman–Crippen LogP) is 1.56. The number of aliphatic hydroxyl groups is 1. The summed E-state index contributed by atoms with van der Waals surface area (Å²) in [4.78, 5) is 0. The van der Waals surface area contributed by atoms with Crippen LogP contribution in [-0.4, -0.2) is 29.3 Å². The van der Waals surface area contributed by atoms with E-state index >= 15 is 0 Å². The summed E-state index contributed by atoms with van der Waals surface area (Å²) in [6.07, 6.45) is 0.886. The van der Waals surface area contributed by atoms with Gasteiger partial charge in [0.15, 0.2) is 0 Å². The van der Waals surface area contributed by atoms with Gasteiger partial charge in [-0.05, 0) is 13.3 Å². The number of rotatable bonds is 5. The largest absolute Gasteiger partial charge is 0.390 e. The van der Waals surface area contributed by atoms with Crippen molar-refractivity contribution >= 4 is 15.9 Å². The molecule has 0 aromatic carbocycles. The van der Waals surface area contributed by atoms with Crippen LogP contribution in [0.4, 0.5) is 0 Å². The highest BCUT2D eigenvalue weighted by molar-refractivity contribution is 9.09. The van der Waals surface area contributed by atoms with Gasteiger partial charge in [-0.1, -0.05) is 22.9 Å². The Kier molecular flexibility index (Phi) is 6.38. The first kappa shape index (κ1) is 10.4. The molecule has 0 bridgehead atoms. The van der Waals surface area contributed by atoms with E-state index in [-0.39, 0.29) is 12.2 Å². The fourth-order valence-electron chi connectivity index (χ4n) is 0.438. The molecule has 0 rings (SSSR count). The first-order valence-electron chi connectivity index (χ1n) is 3.56. The van der Waals surface area contributed by atoms with Gasteiger partial charge in [-0.2, -0.15) is 0 Å². The Labute approximate surface area is 70.7 Å². The molecule has 3 heteroatoms. The third kappa shape index (κ3) is 5.21. The number of alkyl halides is 1. The average molecular weight is 211 g/mol. The van der Waals surface area contributed by atoms with Crippen molar-refractivity contribution in [3.8, 4) is 0 Å². The molecular weight excluding hydrogens is 196 g/mol. The van der Waals surface area contributed by atoms with Gasteiger partial charge in [-0.15, -0.1) is 0 Å². The van der Waals surface area contributed by atoms with E-state index in [2.05, 4.69) is 22.9 Å². The summed E-state index contributed by atoms with van der Waals surface area (Å²) >= 11 is 3.16. The molecule has 62 valence electrons. The average Bonchev–Trinajstić information content (AvgIpc) is 1.99. The molecule has 0 aliphatic carbocycles. The summed E-state index contributed by atoms with van der Waals surface area (Å²) in [5.41, 5.74) is 0. The molecule has 2 unspecified atom stereocenters. The van der Waals surface area contributed by atoms with Crippen molar-refractivity contribution in [2.75, 3.05) is 11.9 Å². The summed E-state index contributed by atoms with van der Waals surface area (Å²) in [5, 5.41) is 9.62. The van der Waals surface area contributed by atoms with Gasteiger partial charge in [0.25, 0.3) is 0 Å². The van der Waals surface area contributed by atoms with Crippen molar-refractivity contribution in [3.63, 3.8) is 0 Å². The Balaban J connectivity index is 3.17. The second-order valence-electron chi connectivity index (χ2n) is 2.36. The topological polar surface area (TPSA) is 29.5 Å². The Morgan fingerprint density at radius 1 is 1.60 bits per heavy atom. The third-order valence-corrected chi connectivity index (χ3v) is 2.07. The minimum absolute atomic E-state index is 0.258. The molecule has 10 heavy (non-hydrogen) atoms. The van der Waals surface area contributed by atoms with Crippen molar-refractivity contribution in [2.45, 2.75) is 32.5 Å². The maximum absolute atomic E-state index is 9.03. The number of halogens is 1. The van der Waals surface area contributed by atoms with Gasteiger partial charge in [0.2, 0.25) is 0 Å². The minimum atomic E-state index is -0.367. The summed E-state index contributed by atoms with van der Waals surface area (Å²) in [5.74, 6) is 0. The first-order chi connectivity index (χ1) is 4.70.